The fourth-order valence-electron chi connectivity index (χ4n) is 0.605. The van der Waals surface area contributed by atoms with Gasteiger partial charge in [0.2, 0.25) is 0 Å². The molecule has 0 saturated carbocycles. The van der Waals surface area contributed by atoms with Crippen molar-refractivity contribution in [1.82, 2.24) is 5.32 Å². The van der Waals surface area contributed by atoms with E-state index in [4.69, 9.17) is 0 Å². The molecule has 0 aromatic heterocycles. The molecule has 0 aromatic rings. The molecule has 0 rings (SSSR count). The minimum Gasteiger partial charge on any atom is -0.313 e. The molecule has 10 heavy (non-hydrogen) atoms. The Morgan fingerprint density at radius 1 is 1.60 bits per heavy atom. The number of rotatable bonds is 5. The lowest BCUT2D eigenvalue weighted by Crippen LogP contribution is -2.14. The average molecular weight is 139 g/mol. The van der Waals surface area contributed by atoms with E-state index >= 15 is 0 Å². The van der Waals surface area contributed by atoms with Crippen molar-refractivity contribution in [3.05, 3.63) is 24.3 Å². The normalized spacial score (nSPS) is 10.6. The minimum absolute atomic E-state index is 0.976. The van der Waals surface area contributed by atoms with Crippen LogP contribution in [0.25, 0.3) is 0 Å². The molecule has 0 heterocycles. The van der Waals surface area contributed by atoms with Crippen LogP contribution in [0, 0.1) is 0 Å². The Balaban J connectivity index is 2.98. The van der Waals surface area contributed by atoms with E-state index in [0.29, 0.717) is 0 Å². The Kier molecular flexibility index (Phi) is 6.19. The topological polar surface area (TPSA) is 12.0 Å². The van der Waals surface area contributed by atoms with Crippen molar-refractivity contribution in [3.8, 4) is 0 Å². The summed E-state index contributed by atoms with van der Waals surface area (Å²) in [6.07, 6.45) is 5.24. The summed E-state index contributed by atoms with van der Waals surface area (Å²) < 4.78 is 0. The van der Waals surface area contributed by atoms with Gasteiger partial charge >= 0.3 is 0 Å². The highest BCUT2D eigenvalue weighted by molar-refractivity contribution is 4.89. The van der Waals surface area contributed by atoms with E-state index in [2.05, 4.69) is 24.9 Å². The Morgan fingerprint density at radius 2 is 2.30 bits per heavy atom. The lowest BCUT2D eigenvalue weighted by molar-refractivity contribution is 0.741. The third-order valence-corrected chi connectivity index (χ3v) is 1.23. The maximum absolute atomic E-state index is 3.81. The van der Waals surface area contributed by atoms with E-state index in [1.807, 2.05) is 13.0 Å². The van der Waals surface area contributed by atoms with Gasteiger partial charge in [0.1, 0.15) is 0 Å². The van der Waals surface area contributed by atoms with E-state index in [0.717, 1.165) is 19.5 Å². The number of hydrogen-bond acceptors (Lipinski definition) is 1. The van der Waals surface area contributed by atoms with E-state index in [9.17, 15) is 0 Å². The van der Waals surface area contributed by atoms with Gasteiger partial charge in [-0.3, -0.25) is 0 Å². The van der Waals surface area contributed by atoms with E-state index < -0.39 is 0 Å². The van der Waals surface area contributed by atoms with Gasteiger partial charge in [-0.05, 0) is 26.8 Å². The maximum atomic E-state index is 3.81. The second-order valence-corrected chi connectivity index (χ2v) is 2.48. The van der Waals surface area contributed by atoms with Crippen molar-refractivity contribution in [3.63, 3.8) is 0 Å². The maximum Gasteiger partial charge on any atom is 0.0134 e. The number of hydrogen-bond donors (Lipinski definition) is 1. The summed E-state index contributed by atoms with van der Waals surface area (Å²) in [5, 5.41) is 3.27. The van der Waals surface area contributed by atoms with Crippen LogP contribution in [0.3, 0.4) is 0 Å². The first-order valence-electron chi connectivity index (χ1n) is 3.73. The van der Waals surface area contributed by atoms with Crippen LogP contribution in [-0.4, -0.2) is 13.1 Å². The molecule has 0 aliphatic carbocycles. The van der Waals surface area contributed by atoms with Crippen molar-refractivity contribution in [2.45, 2.75) is 20.3 Å². The highest BCUT2D eigenvalue weighted by Gasteiger charge is 1.83. The lowest BCUT2D eigenvalue weighted by atomic mass is 10.2. The summed E-state index contributed by atoms with van der Waals surface area (Å²) in [7, 11) is 0. The van der Waals surface area contributed by atoms with Crippen LogP contribution in [-0.2, 0) is 0 Å². The van der Waals surface area contributed by atoms with Gasteiger partial charge in [0.05, 0.1) is 0 Å². The molecule has 0 saturated heterocycles. The second-order valence-electron chi connectivity index (χ2n) is 2.48. The molecule has 0 atom stereocenters. The van der Waals surface area contributed by atoms with Crippen LogP contribution in [0.15, 0.2) is 24.3 Å². The fourth-order valence-corrected chi connectivity index (χ4v) is 0.605. The second kappa shape index (κ2) is 6.56. The Labute approximate surface area is 63.8 Å². The molecule has 1 N–H and O–H groups in total. The molecule has 0 bridgehead atoms. The molecule has 0 aliphatic rings. The number of allylic oxidation sites excluding steroid dienone is 1. The molecule has 0 aromatic carbocycles. The zero-order valence-corrected chi connectivity index (χ0v) is 6.98. The van der Waals surface area contributed by atoms with Gasteiger partial charge in [-0.25, -0.2) is 0 Å². The molecule has 0 radical (unpaired) electrons. The van der Waals surface area contributed by atoms with E-state index in [-0.39, 0.29) is 0 Å². The van der Waals surface area contributed by atoms with Crippen molar-refractivity contribution in [1.29, 1.82) is 0 Å². The van der Waals surface area contributed by atoms with Crippen LogP contribution in [0.5, 0.6) is 0 Å². The SMILES string of the molecule is C=C(C)CCNC/C=C/C. The van der Waals surface area contributed by atoms with E-state index in [1.54, 1.807) is 0 Å². The Hall–Kier alpha value is -0.560. The summed E-state index contributed by atoms with van der Waals surface area (Å²) in [5.74, 6) is 0. The molecule has 0 fully saturated rings. The van der Waals surface area contributed by atoms with Gasteiger partial charge in [0.25, 0.3) is 0 Å². The first-order chi connectivity index (χ1) is 4.77. The zero-order chi connectivity index (χ0) is 7.82. The molecule has 58 valence electrons. The number of nitrogens with one attached hydrogen (secondary N) is 1. The molecule has 0 spiro atoms. The van der Waals surface area contributed by atoms with Crippen molar-refractivity contribution < 1.29 is 0 Å². The van der Waals surface area contributed by atoms with Crippen molar-refractivity contribution in [2.24, 2.45) is 0 Å². The summed E-state index contributed by atoms with van der Waals surface area (Å²) in [4.78, 5) is 0. The summed E-state index contributed by atoms with van der Waals surface area (Å²) in [6, 6.07) is 0. The molecule has 1 heteroatoms. The molecule has 1 nitrogen and oxygen atoms in total. The predicted octanol–water partition coefficient (Wildman–Crippen LogP) is 2.12. The van der Waals surface area contributed by atoms with Crippen LogP contribution >= 0.6 is 0 Å². The van der Waals surface area contributed by atoms with Gasteiger partial charge < -0.3 is 5.32 Å². The van der Waals surface area contributed by atoms with Gasteiger partial charge in [-0.2, -0.15) is 0 Å². The lowest BCUT2D eigenvalue weighted by Gasteiger charge is -1.99. The third kappa shape index (κ3) is 7.44. The standard InChI is InChI=1S/C9H17N/c1-4-5-7-10-8-6-9(2)3/h4-5,10H,2,6-8H2,1,3H3/b5-4+. The first-order valence-corrected chi connectivity index (χ1v) is 3.73. The van der Waals surface area contributed by atoms with Crippen LogP contribution in [0.2, 0.25) is 0 Å². The van der Waals surface area contributed by atoms with Crippen LogP contribution in [0.4, 0.5) is 0 Å². The van der Waals surface area contributed by atoms with Gasteiger partial charge in [0.15, 0.2) is 0 Å². The predicted molar refractivity (Wildman–Crippen MR) is 47.1 cm³/mol. The van der Waals surface area contributed by atoms with E-state index in [1.165, 1.54) is 5.57 Å². The highest BCUT2D eigenvalue weighted by atomic mass is 14.8. The molecule has 0 amide bonds. The van der Waals surface area contributed by atoms with Crippen LogP contribution in [0.1, 0.15) is 20.3 Å². The quantitative estimate of drug-likeness (QED) is 0.454. The monoisotopic (exact) mass is 139 g/mol. The Morgan fingerprint density at radius 3 is 2.80 bits per heavy atom. The first kappa shape index (κ1) is 9.44. The van der Waals surface area contributed by atoms with Gasteiger partial charge in [-0.1, -0.05) is 17.7 Å². The van der Waals surface area contributed by atoms with Gasteiger partial charge in [-0.15, -0.1) is 6.58 Å². The van der Waals surface area contributed by atoms with Crippen molar-refractivity contribution in [2.75, 3.05) is 13.1 Å². The molecular weight excluding hydrogens is 122 g/mol. The van der Waals surface area contributed by atoms with Crippen molar-refractivity contribution >= 4 is 0 Å². The minimum atomic E-state index is 0.976. The zero-order valence-electron chi connectivity index (χ0n) is 6.98. The molecule has 0 aliphatic heterocycles. The summed E-state index contributed by atoms with van der Waals surface area (Å²) in [6.45, 7) is 9.91. The Bertz CT molecular complexity index is 114. The molecule has 0 unspecified atom stereocenters. The fraction of sp³-hybridized carbons (Fsp3) is 0.556. The highest BCUT2D eigenvalue weighted by Crippen LogP contribution is 1.91. The molecular formula is C9H17N. The summed E-state index contributed by atoms with van der Waals surface area (Å²) >= 11 is 0. The third-order valence-electron chi connectivity index (χ3n) is 1.23. The smallest absolute Gasteiger partial charge is 0.0134 e. The van der Waals surface area contributed by atoms with Crippen LogP contribution < -0.4 is 5.32 Å². The summed E-state index contributed by atoms with van der Waals surface area (Å²) in [5.41, 5.74) is 1.24. The largest absolute Gasteiger partial charge is 0.313 e. The van der Waals surface area contributed by atoms with Gasteiger partial charge in [0, 0.05) is 6.54 Å². The average Bonchev–Trinajstić information content (AvgIpc) is 1.87.